The number of carbonyl (C=O) groups is 1. The molecule has 0 bridgehead atoms. The van der Waals surface area contributed by atoms with Crippen molar-refractivity contribution >= 4 is 38.9 Å². The molecule has 8 nitrogen and oxygen atoms in total. The summed E-state index contributed by atoms with van der Waals surface area (Å²) in [5, 5.41) is 2.60. The Kier molecular flexibility index (Phi) is 6.79. The van der Waals surface area contributed by atoms with Crippen molar-refractivity contribution in [2.24, 2.45) is 7.05 Å². The number of aryl methyl sites for hydroxylation is 2. The standard InChI is InChI=1S/C26H25ClN4O4S/c1-16-12-17(2)14-20(13-16)29-36(34,35)23-15-19(10-11-22(23)27)25(32)28-24-18(3)30(4)31(26(24)33)21-8-6-5-7-9-21/h5-15,29H,1-4H3,(H,28,32). The lowest BCUT2D eigenvalue weighted by Crippen LogP contribution is -2.23. The van der Waals surface area contributed by atoms with Crippen molar-refractivity contribution in [3.8, 4) is 5.69 Å². The molecule has 0 aliphatic heterocycles. The Morgan fingerprint density at radius 1 is 0.917 bits per heavy atom. The van der Waals surface area contributed by atoms with Crippen LogP contribution in [0.25, 0.3) is 5.69 Å². The van der Waals surface area contributed by atoms with Crippen LogP contribution in [0.5, 0.6) is 0 Å². The third-order valence-electron chi connectivity index (χ3n) is 5.75. The molecule has 0 aliphatic rings. The predicted octanol–water partition coefficient (Wildman–Crippen LogP) is 4.81. The second-order valence-electron chi connectivity index (χ2n) is 8.52. The average molecular weight is 525 g/mol. The van der Waals surface area contributed by atoms with Crippen LogP contribution in [0.15, 0.2) is 76.4 Å². The second kappa shape index (κ2) is 9.67. The maximum absolute atomic E-state index is 13.1. The Morgan fingerprint density at radius 2 is 1.56 bits per heavy atom. The molecule has 0 saturated heterocycles. The molecule has 186 valence electrons. The number of halogens is 1. The first kappa shape index (κ1) is 25.3. The van der Waals surface area contributed by atoms with Gasteiger partial charge in [0.15, 0.2) is 0 Å². The van der Waals surface area contributed by atoms with Crippen LogP contribution in [-0.4, -0.2) is 23.7 Å². The summed E-state index contributed by atoms with van der Waals surface area (Å²) >= 11 is 6.21. The highest BCUT2D eigenvalue weighted by Gasteiger charge is 2.23. The summed E-state index contributed by atoms with van der Waals surface area (Å²) in [6, 6.07) is 18.3. The second-order valence-corrected chi connectivity index (χ2v) is 10.6. The highest BCUT2D eigenvalue weighted by molar-refractivity contribution is 7.92. The van der Waals surface area contributed by atoms with E-state index in [9.17, 15) is 18.0 Å². The van der Waals surface area contributed by atoms with Gasteiger partial charge < -0.3 is 5.32 Å². The van der Waals surface area contributed by atoms with E-state index in [1.165, 1.54) is 22.9 Å². The number of carbonyl (C=O) groups excluding carboxylic acids is 1. The van der Waals surface area contributed by atoms with Crippen LogP contribution >= 0.6 is 11.6 Å². The SMILES string of the molecule is Cc1cc(C)cc(NS(=O)(=O)c2cc(C(=O)Nc3c(C)n(C)n(-c4ccccc4)c3=O)ccc2Cl)c1. The number of amides is 1. The summed E-state index contributed by atoms with van der Waals surface area (Å²) in [6.07, 6.45) is 0. The molecule has 1 aromatic heterocycles. The van der Waals surface area contributed by atoms with Crippen LogP contribution in [0.2, 0.25) is 5.02 Å². The number of nitrogens with one attached hydrogen (secondary N) is 2. The van der Waals surface area contributed by atoms with Crippen molar-refractivity contribution in [1.29, 1.82) is 0 Å². The molecule has 0 radical (unpaired) electrons. The van der Waals surface area contributed by atoms with Crippen molar-refractivity contribution in [2.45, 2.75) is 25.7 Å². The van der Waals surface area contributed by atoms with Crippen LogP contribution in [0.1, 0.15) is 27.2 Å². The van der Waals surface area contributed by atoms with Crippen LogP contribution in [0.3, 0.4) is 0 Å². The van der Waals surface area contributed by atoms with Gasteiger partial charge in [-0.05, 0) is 74.4 Å². The number of para-hydroxylation sites is 1. The van der Waals surface area contributed by atoms with E-state index in [0.717, 1.165) is 11.1 Å². The first-order valence-electron chi connectivity index (χ1n) is 11.0. The van der Waals surface area contributed by atoms with Crippen molar-refractivity contribution in [3.63, 3.8) is 0 Å². The van der Waals surface area contributed by atoms with Crippen LogP contribution in [0, 0.1) is 20.8 Å². The Balaban J connectivity index is 1.66. The van der Waals surface area contributed by atoms with Crippen LogP contribution in [0.4, 0.5) is 11.4 Å². The molecular formula is C26H25ClN4O4S. The minimum atomic E-state index is -4.09. The Hall–Kier alpha value is -3.82. The monoisotopic (exact) mass is 524 g/mol. The number of hydrogen-bond donors (Lipinski definition) is 2. The number of nitrogens with zero attached hydrogens (tertiary/aromatic N) is 2. The van der Waals surface area contributed by atoms with Gasteiger partial charge in [0.25, 0.3) is 21.5 Å². The van der Waals surface area contributed by atoms with Gasteiger partial charge in [-0.15, -0.1) is 0 Å². The molecule has 1 amide bonds. The lowest BCUT2D eigenvalue weighted by Gasteiger charge is -2.12. The van der Waals surface area contributed by atoms with E-state index in [1.807, 2.05) is 38.1 Å². The molecule has 0 atom stereocenters. The predicted molar refractivity (Wildman–Crippen MR) is 142 cm³/mol. The van der Waals surface area contributed by atoms with E-state index >= 15 is 0 Å². The largest absolute Gasteiger partial charge is 0.316 e. The van der Waals surface area contributed by atoms with Gasteiger partial charge >= 0.3 is 0 Å². The maximum Gasteiger partial charge on any atom is 0.295 e. The summed E-state index contributed by atoms with van der Waals surface area (Å²) < 4.78 is 31.8. The van der Waals surface area contributed by atoms with Gasteiger partial charge in [-0.1, -0.05) is 35.9 Å². The lowest BCUT2D eigenvalue weighted by atomic mass is 10.1. The quantitative estimate of drug-likeness (QED) is 0.378. The first-order chi connectivity index (χ1) is 17.0. The average Bonchev–Trinajstić information content (AvgIpc) is 3.01. The lowest BCUT2D eigenvalue weighted by molar-refractivity contribution is 0.102. The molecule has 4 aromatic rings. The Labute approximate surface area is 214 Å². The number of sulfonamides is 1. The number of benzene rings is 3. The zero-order chi connectivity index (χ0) is 26.2. The van der Waals surface area contributed by atoms with Crippen LogP contribution < -0.4 is 15.6 Å². The van der Waals surface area contributed by atoms with E-state index in [2.05, 4.69) is 10.0 Å². The summed E-state index contributed by atoms with van der Waals surface area (Å²) in [7, 11) is -2.38. The zero-order valence-electron chi connectivity index (χ0n) is 20.2. The van der Waals surface area contributed by atoms with Crippen molar-refractivity contribution in [3.05, 3.63) is 104 Å². The van der Waals surface area contributed by atoms with E-state index in [4.69, 9.17) is 11.6 Å². The fraction of sp³-hybridized carbons (Fsp3) is 0.154. The number of hydrogen-bond acceptors (Lipinski definition) is 4. The van der Waals surface area contributed by atoms with Gasteiger partial charge in [0.2, 0.25) is 0 Å². The van der Waals surface area contributed by atoms with E-state index in [0.29, 0.717) is 17.1 Å². The van der Waals surface area contributed by atoms with E-state index < -0.39 is 21.5 Å². The summed E-state index contributed by atoms with van der Waals surface area (Å²) in [6.45, 7) is 5.43. The fourth-order valence-corrected chi connectivity index (χ4v) is 5.56. The number of rotatable bonds is 6. The topological polar surface area (TPSA) is 102 Å². The first-order valence-corrected chi connectivity index (χ1v) is 12.9. The molecule has 0 unspecified atom stereocenters. The molecular weight excluding hydrogens is 500 g/mol. The molecule has 0 spiro atoms. The van der Waals surface area contributed by atoms with E-state index in [-0.39, 0.29) is 21.2 Å². The summed E-state index contributed by atoms with van der Waals surface area (Å²) in [4.78, 5) is 26.0. The normalized spacial score (nSPS) is 11.4. The highest BCUT2D eigenvalue weighted by atomic mass is 35.5. The molecule has 1 heterocycles. The van der Waals surface area contributed by atoms with Crippen LogP contribution in [-0.2, 0) is 17.1 Å². The number of aromatic nitrogens is 2. The van der Waals surface area contributed by atoms with Gasteiger partial charge in [0.05, 0.1) is 16.4 Å². The molecule has 10 heteroatoms. The van der Waals surface area contributed by atoms with Crippen molar-refractivity contribution in [1.82, 2.24) is 9.36 Å². The molecule has 0 aliphatic carbocycles. The smallest absolute Gasteiger partial charge is 0.295 e. The molecule has 4 rings (SSSR count). The maximum atomic E-state index is 13.1. The molecule has 36 heavy (non-hydrogen) atoms. The minimum absolute atomic E-state index is 0.0362. The van der Waals surface area contributed by atoms with Gasteiger partial charge in [-0.2, -0.15) is 0 Å². The van der Waals surface area contributed by atoms with E-state index in [1.54, 1.807) is 42.9 Å². The van der Waals surface area contributed by atoms with Crippen molar-refractivity contribution < 1.29 is 13.2 Å². The van der Waals surface area contributed by atoms with Gasteiger partial charge in [0.1, 0.15) is 10.6 Å². The molecule has 0 fully saturated rings. The number of anilines is 2. The molecule has 0 saturated carbocycles. The summed E-state index contributed by atoms with van der Waals surface area (Å²) in [5.41, 5.74) is 3.08. The molecule has 2 N–H and O–H groups in total. The van der Waals surface area contributed by atoms with Gasteiger partial charge in [-0.3, -0.25) is 19.0 Å². The fourth-order valence-electron chi connectivity index (χ4n) is 3.99. The third kappa shape index (κ3) is 4.93. The molecule has 3 aromatic carbocycles. The van der Waals surface area contributed by atoms with Gasteiger partial charge in [-0.25, -0.2) is 13.1 Å². The van der Waals surface area contributed by atoms with Crippen molar-refractivity contribution in [2.75, 3.05) is 10.0 Å². The Bertz CT molecular complexity index is 1620. The van der Waals surface area contributed by atoms with Gasteiger partial charge in [0, 0.05) is 18.3 Å². The minimum Gasteiger partial charge on any atom is -0.316 e. The zero-order valence-corrected chi connectivity index (χ0v) is 21.7. The third-order valence-corrected chi connectivity index (χ3v) is 7.61. The Morgan fingerprint density at radius 3 is 2.19 bits per heavy atom. The highest BCUT2D eigenvalue weighted by Crippen LogP contribution is 2.26. The summed E-state index contributed by atoms with van der Waals surface area (Å²) in [5.74, 6) is -0.638.